The highest BCUT2D eigenvalue weighted by Gasteiger charge is 2.11. The minimum atomic E-state index is -0.535. The zero-order valence-electron chi connectivity index (χ0n) is 10.5. The van der Waals surface area contributed by atoms with Crippen molar-refractivity contribution in [2.24, 2.45) is 5.84 Å². The maximum absolute atomic E-state index is 11.7. The molecule has 0 bridgehead atoms. The highest BCUT2D eigenvalue weighted by molar-refractivity contribution is 5.66. The summed E-state index contributed by atoms with van der Waals surface area (Å²) in [5.41, 5.74) is 1.89. The van der Waals surface area contributed by atoms with Gasteiger partial charge in [-0.25, -0.2) is 15.6 Å². The quantitative estimate of drug-likeness (QED) is 0.520. The van der Waals surface area contributed by atoms with Crippen LogP contribution in [-0.4, -0.2) is 11.1 Å². The second-order valence-electron chi connectivity index (χ2n) is 4.15. The number of rotatable bonds is 4. The predicted molar refractivity (Wildman–Crippen MR) is 72.8 cm³/mol. The first kappa shape index (κ1) is 13.1. The molecule has 0 fully saturated rings. The summed E-state index contributed by atoms with van der Waals surface area (Å²) in [6.07, 6.45) is -0.535. The van der Waals surface area contributed by atoms with Gasteiger partial charge in [-0.3, -0.25) is 0 Å². The lowest BCUT2D eigenvalue weighted by Crippen LogP contribution is -2.37. The Bertz CT molecular complexity index is 514. The van der Waals surface area contributed by atoms with Gasteiger partial charge >= 0.3 is 6.09 Å². The van der Waals surface area contributed by atoms with Crippen LogP contribution in [0, 0.1) is 0 Å². The molecule has 2 aromatic rings. The van der Waals surface area contributed by atoms with Crippen molar-refractivity contribution >= 4 is 6.09 Å². The Morgan fingerprint density at radius 1 is 0.947 bits per heavy atom. The molecule has 0 aliphatic heterocycles. The van der Waals surface area contributed by atoms with E-state index in [1.165, 1.54) is 0 Å². The van der Waals surface area contributed by atoms with E-state index >= 15 is 0 Å². The van der Waals surface area contributed by atoms with Crippen molar-refractivity contribution in [3.63, 3.8) is 0 Å². The lowest BCUT2D eigenvalue weighted by atomic mass is 10.2. The Morgan fingerprint density at radius 2 is 1.47 bits per heavy atom. The normalized spacial score (nSPS) is 9.95. The number of carbonyl (C=O) groups is 1. The van der Waals surface area contributed by atoms with Gasteiger partial charge in [0.05, 0.1) is 6.54 Å². The van der Waals surface area contributed by atoms with Gasteiger partial charge in [-0.2, -0.15) is 0 Å². The molecular formula is C15H16N2O2. The lowest BCUT2D eigenvalue weighted by Gasteiger charge is -2.16. The van der Waals surface area contributed by atoms with Crippen LogP contribution < -0.4 is 5.84 Å². The first-order chi connectivity index (χ1) is 9.25. The third kappa shape index (κ3) is 4.12. The molecule has 0 aliphatic carbocycles. The molecule has 4 heteroatoms. The molecule has 0 saturated carbocycles. The van der Waals surface area contributed by atoms with E-state index in [0.29, 0.717) is 6.54 Å². The molecule has 98 valence electrons. The van der Waals surface area contributed by atoms with Gasteiger partial charge in [-0.1, -0.05) is 60.7 Å². The summed E-state index contributed by atoms with van der Waals surface area (Å²) >= 11 is 0. The number of hydrogen-bond donors (Lipinski definition) is 1. The molecule has 0 radical (unpaired) electrons. The fraction of sp³-hybridized carbons (Fsp3) is 0.133. The summed E-state index contributed by atoms with van der Waals surface area (Å²) in [5, 5.41) is 1.07. The minimum absolute atomic E-state index is 0.224. The fourth-order valence-electron chi connectivity index (χ4n) is 1.65. The van der Waals surface area contributed by atoms with Crippen LogP contribution in [0.25, 0.3) is 0 Å². The molecule has 1 amide bonds. The van der Waals surface area contributed by atoms with Crippen LogP contribution in [0.4, 0.5) is 4.79 Å². The number of nitrogens with zero attached hydrogens (tertiary/aromatic N) is 1. The number of amides is 1. The van der Waals surface area contributed by atoms with Crippen LogP contribution in [0.1, 0.15) is 11.1 Å². The van der Waals surface area contributed by atoms with Gasteiger partial charge < -0.3 is 4.74 Å². The van der Waals surface area contributed by atoms with Gasteiger partial charge in [0.2, 0.25) is 0 Å². The van der Waals surface area contributed by atoms with Crippen molar-refractivity contribution in [3.8, 4) is 0 Å². The largest absolute Gasteiger partial charge is 0.444 e. The second-order valence-corrected chi connectivity index (χ2v) is 4.15. The maximum atomic E-state index is 11.7. The van der Waals surface area contributed by atoms with Gasteiger partial charge in [0.25, 0.3) is 0 Å². The number of carbonyl (C=O) groups excluding carboxylic acids is 1. The van der Waals surface area contributed by atoms with Crippen molar-refractivity contribution in [3.05, 3.63) is 71.8 Å². The summed E-state index contributed by atoms with van der Waals surface area (Å²) in [6.45, 7) is 0.552. The Balaban J connectivity index is 1.83. The number of ether oxygens (including phenoxy) is 1. The van der Waals surface area contributed by atoms with E-state index in [-0.39, 0.29) is 6.61 Å². The van der Waals surface area contributed by atoms with E-state index in [9.17, 15) is 4.79 Å². The van der Waals surface area contributed by atoms with E-state index in [2.05, 4.69) is 0 Å². The van der Waals surface area contributed by atoms with Gasteiger partial charge in [-0.15, -0.1) is 0 Å². The van der Waals surface area contributed by atoms with Gasteiger partial charge in [0.1, 0.15) is 6.61 Å². The summed E-state index contributed by atoms with van der Waals surface area (Å²) in [7, 11) is 0. The zero-order chi connectivity index (χ0) is 13.5. The summed E-state index contributed by atoms with van der Waals surface area (Å²) < 4.78 is 5.12. The fourth-order valence-corrected chi connectivity index (χ4v) is 1.65. The second kappa shape index (κ2) is 6.56. The Kier molecular flexibility index (Phi) is 4.53. The van der Waals surface area contributed by atoms with Crippen LogP contribution in [0.15, 0.2) is 60.7 Å². The molecular weight excluding hydrogens is 240 g/mol. The molecule has 0 saturated heterocycles. The van der Waals surface area contributed by atoms with Crippen LogP contribution in [0.3, 0.4) is 0 Å². The molecule has 0 aromatic heterocycles. The molecule has 0 unspecified atom stereocenters. The lowest BCUT2D eigenvalue weighted by molar-refractivity contribution is 0.0938. The zero-order valence-corrected chi connectivity index (χ0v) is 10.5. The number of hydrazine groups is 1. The summed E-state index contributed by atoms with van der Waals surface area (Å²) in [5.74, 6) is 5.67. The van der Waals surface area contributed by atoms with E-state index in [4.69, 9.17) is 10.6 Å². The molecule has 0 aliphatic rings. The average molecular weight is 256 g/mol. The molecule has 4 nitrogen and oxygen atoms in total. The highest BCUT2D eigenvalue weighted by Crippen LogP contribution is 2.05. The Morgan fingerprint density at radius 3 is 2.05 bits per heavy atom. The number of benzene rings is 2. The van der Waals surface area contributed by atoms with Crippen molar-refractivity contribution in [1.29, 1.82) is 0 Å². The van der Waals surface area contributed by atoms with E-state index in [1.807, 2.05) is 60.7 Å². The number of nitrogens with two attached hydrogens (primary N) is 1. The minimum Gasteiger partial charge on any atom is -0.444 e. The first-order valence-corrected chi connectivity index (χ1v) is 6.02. The molecule has 2 N–H and O–H groups in total. The van der Waals surface area contributed by atoms with Crippen LogP contribution in [0.2, 0.25) is 0 Å². The predicted octanol–water partition coefficient (Wildman–Crippen LogP) is 2.70. The average Bonchev–Trinajstić information content (AvgIpc) is 2.47. The maximum Gasteiger partial charge on any atom is 0.424 e. The molecule has 0 atom stereocenters. The Hall–Kier alpha value is -2.33. The molecule has 19 heavy (non-hydrogen) atoms. The van der Waals surface area contributed by atoms with Crippen molar-refractivity contribution in [2.45, 2.75) is 13.2 Å². The number of hydrogen-bond acceptors (Lipinski definition) is 3. The van der Waals surface area contributed by atoms with Gasteiger partial charge in [-0.05, 0) is 11.1 Å². The van der Waals surface area contributed by atoms with Crippen molar-refractivity contribution in [1.82, 2.24) is 5.01 Å². The highest BCUT2D eigenvalue weighted by atomic mass is 16.6. The molecule has 2 aromatic carbocycles. The standard InChI is InChI=1S/C15H16N2O2/c16-17(11-13-7-3-1-4-8-13)15(18)19-12-14-9-5-2-6-10-14/h1-10H,11-12,16H2. The first-order valence-electron chi connectivity index (χ1n) is 6.02. The van der Waals surface area contributed by atoms with Gasteiger partial charge in [0.15, 0.2) is 0 Å². The van der Waals surface area contributed by atoms with E-state index < -0.39 is 6.09 Å². The monoisotopic (exact) mass is 256 g/mol. The van der Waals surface area contributed by atoms with Crippen LogP contribution in [0.5, 0.6) is 0 Å². The van der Waals surface area contributed by atoms with Crippen molar-refractivity contribution < 1.29 is 9.53 Å². The third-order valence-electron chi connectivity index (χ3n) is 2.64. The molecule has 0 heterocycles. The van der Waals surface area contributed by atoms with Crippen molar-refractivity contribution in [2.75, 3.05) is 0 Å². The molecule has 2 rings (SSSR count). The Labute approximate surface area is 112 Å². The smallest absolute Gasteiger partial charge is 0.424 e. The van der Waals surface area contributed by atoms with Crippen LogP contribution in [-0.2, 0) is 17.9 Å². The summed E-state index contributed by atoms with van der Waals surface area (Å²) in [6, 6.07) is 19.0. The topological polar surface area (TPSA) is 55.6 Å². The SMILES string of the molecule is NN(Cc1ccccc1)C(=O)OCc1ccccc1. The van der Waals surface area contributed by atoms with E-state index in [1.54, 1.807) is 0 Å². The third-order valence-corrected chi connectivity index (χ3v) is 2.64. The van der Waals surface area contributed by atoms with Gasteiger partial charge in [0, 0.05) is 0 Å². The summed E-state index contributed by atoms with van der Waals surface area (Å²) in [4.78, 5) is 11.7. The molecule has 0 spiro atoms. The van der Waals surface area contributed by atoms with Crippen LogP contribution >= 0.6 is 0 Å². The van der Waals surface area contributed by atoms with E-state index in [0.717, 1.165) is 16.1 Å².